The smallest absolute Gasteiger partial charge is 0.255 e. The second kappa shape index (κ2) is 6.33. The maximum absolute atomic E-state index is 12.6. The molecule has 1 aliphatic rings. The van der Waals surface area contributed by atoms with Gasteiger partial charge in [-0.3, -0.25) is 4.79 Å². The van der Waals surface area contributed by atoms with Crippen LogP contribution < -0.4 is 10.2 Å². The zero-order chi connectivity index (χ0) is 16.4. The van der Waals surface area contributed by atoms with Gasteiger partial charge in [0.1, 0.15) is 0 Å². The zero-order valence-electron chi connectivity index (χ0n) is 13.2. The van der Waals surface area contributed by atoms with E-state index in [1.54, 1.807) is 18.6 Å². The molecule has 1 fully saturated rings. The van der Waals surface area contributed by atoms with E-state index in [0.29, 0.717) is 18.8 Å². The van der Waals surface area contributed by atoms with Gasteiger partial charge < -0.3 is 19.4 Å². The first-order chi connectivity index (χ1) is 11.8. The summed E-state index contributed by atoms with van der Waals surface area (Å²) in [5, 5.41) is 3.03. The molecule has 122 valence electrons. The third-order valence-electron chi connectivity index (χ3n) is 4.18. The number of carbonyl (C=O) groups is 1. The molecule has 2 aromatic heterocycles. The van der Waals surface area contributed by atoms with E-state index in [1.807, 2.05) is 40.9 Å². The van der Waals surface area contributed by atoms with Crippen LogP contribution in [0.4, 0.5) is 11.4 Å². The lowest BCUT2D eigenvalue weighted by atomic mass is 10.2. The minimum absolute atomic E-state index is 0.126. The maximum Gasteiger partial charge on any atom is 0.255 e. The monoisotopic (exact) mass is 322 g/mol. The first kappa shape index (κ1) is 14.7. The van der Waals surface area contributed by atoms with Gasteiger partial charge in [0.25, 0.3) is 5.91 Å². The Morgan fingerprint density at radius 1 is 1.17 bits per heavy atom. The minimum atomic E-state index is -0.126. The Morgan fingerprint density at radius 3 is 2.88 bits per heavy atom. The Balaban J connectivity index is 1.59. The van der Waals surface area contributed by atoms with Gasteiger partial charge in [-0.1, -0.05) is 12.1 Å². The predicted octanol–water partition coefficient (Wildman–Crippen LogP) is 2.42. The number of ether oxygens (including phenoxy) is 1. The second-order valence-electron chi connectivity index (χ2n) is 5.71. The number of pyridine rings is 1. The lowest BCUT2D eigenvalue weighted by molar-refractivity contribution is 0.102. The summed E-state index contributed by atoms with van der Waals surface area (Å²) in [7, 11) is 0. The molecule has 1 amide bonds. The molecule has 0 unspecified atom stereocenters. The summed E-state index contributed by atoms with van der Waals surface area (Å²) in [4.78, 5) is 18.9. The van der Waals surface area contributed by atoms with Crippen molar-refractivity contribution in [2.24, 2.45) is 0 Å². The average Bonchev–Trinajstić information content (AvgIpc) is 3.10. The summed E-state index contributed by atoms with van der Waals surface area (Å²) >= 11 is 0. The van der Waals surface area contributed by atoms with Gasteiger partial charge in [0, 0.05) is 24.8 Å². The Bertz CT molecular complexity index is 868. The van der Waals surface area contributed by atoms with E-state index in [-0.39, 0.29) is 5.91 Å². The van der Waals surface area contributed by atoms with Crippen LogP contribution in [0.2, 0.25) is 0 Å². The number of anilines is 2. The Morgan fingerprint density at radius 2 is 2.00 bits per heavy atom. The molecule has 4 rings (SSSR count). The molecule has 0 radical (unpaired) electrons. The van der Waals surface area contributed by atoms with Crippen LogP contribution in [-0.2, 0) is 4.74 Å². The van der Waals surface area contributed by atoms with Gasteiger partial charge in [0.05, 0.1) is 42.6 Å². The molecule has 6 nitrogen and oxygen atoms in total. The summed E-state index contributed by atoms with van der Waals surface area (Å²) in [6.07, 6.45) is 5.29. The number of amides is 1. The fraction of sp³-hybridized carbons (Fsp3) is 0.222. The van der Waals surface area contributed by atoms with E-state index in [4.69, 9.17) is 4.74 Å². The number of hydrogen-bond donors (Lipinski definition) is 1. The number of imidazole rings is 1. The molecule has 0 aliphatic carbocycles. The molecular weight excluding hydrogens is 304 g/mol. The van der Waals surface area contributed by atoms with Crippen LogP contribution in [0.5, 0.6) is 0 Å². The van der Waals surface area contributed by atoms with Gasteiger partial charge in [-0.15, -0.1) is 0 Å². The van der Waals surface area contributed by atoms with Gasteiger partial charge in [-0.05, 0) is 24.3 Å². The standard InChI is InChI=1S/C18H18N4O2/c23-18(14-5-6-22-13-19-12-15(22)11-14)20-16-3-1-2-4-17(16)21-7-9-24-10-8-21/h1-6,11-13H,7-10H2,(H,20,23). The fourth-order valence-electron chi connectivity index (χ4n) is 2.91. The number of morpholine rings is 1. The van der Waals surface area contributed by atoms with Crippen LogP contribution in [0.1, 0.15) is 10.4 Å². The molecule has 3 heterocycles. The molecule has 0 atom stereocenters. The molecular formula is C18H18N4O2. The number of carbonyl (C=O) groups excluding carboxylic acids is 1. The Labute approximate surface area is 139 Å². The molecule has 6 heteroatoms. The molecule has 1 aliphatic heterocycles. The van der Waals surface area contributed by atoms with Crippen molar-refractivity contribution in [1.29, 1.82) is 0 Å². The van der Waals surface area contributed by atoms with Crippen molar-refractivity contribution >= 4 is 22.8 Å². The number of benzene rings is 1. The molecule has 1 saturated heterocycles. The van der Waals surface area contributed by atoms with Gasteiger partial charge >= 0.3 is 0 Å². The number of para-hydroxylation sites is 2. The zero-order valence-corrected chi connectivity index (χ0v) is 13.2. The van der Waals surface area contributed by atoms with Crippen LogP contribution in [0.15, 0.2) is 55.1 Å². The highest BCUT2D eigenvalue weighted by molar-refractivity contribution is 6.06. The second-order valence-corrected chi connectivity index (χ2v) is 5.71. The summed E-state index contributed by atoms with van der Waals surface area (Å²) in [5.41, 5.74) is 3.35. The predicted molar refractivity (Wildman–Crippen MR) is 92.6 cm³/mol. The highest BCUT2D eigenvalue weighted by atomic mass is 16.5. The van der Waals surface area contributed by atoms with Crippen LogP contribution in [0, 0.1) is 0 Å². The topological polar surface area (TPSA) is 58.9 Å². The van der Waals surface area contributed by atoms with E-state index in [0.717, 1.165) is 30.0 Å². The third kappa shape index (κ3) is 2.83. The summed E-state index contributed by atoms with van der Waals surface area (Å²) in [5.74, 6) is -0.126. The van der Waals surface area contributed by atoms with E-state index >= 15 is 0 Å². The van der Waals surface area contributed by atoms with Crippen LogP contribution in [-0.4, -0.2) is 41.6 Å². The summed E-state index contributed by atoms with van der Waals surface area (Å²) in [6, 6.07) is 11.5. The molecule has 0 saturated carbocycles. The van der Waals surface area contributed by atoms with Gasteiger partial charge in [-0.25, -0.2) is 4.98 Å². The normalized spacial score (nSPS) is 14.8. The number of aromatic nitrogens is 2. The van der Waals surface area contributed by atoms with Crippen LogP contribution >= 0.6 is 0 Å². The van der Waals surface area contributed by atoms with Crippen molar-refractivity contribution in [3.05, 3.63) is 60.7 Å². The molecule has 0 bridgehead atoms. The van der Waals surface area contributed by atoms with Gasteiger partial charge in [-0.2, -0.15) is 0 Å². The first-order valence-corrected chi connectivity index (χ1v) is 7.96. The van der Waals surface area contributed by atoms with Crippen LogP contribution in [0.25, 0.3) is 5.52 Å². The lowest BCUT2D eigenvalue weighted by Crippen LogP contribution is -2.36. The molecule has 1 N–H and O–H groups in total. The minimum Gasteiger partial charge on any atom is -0.378 e. The number of nitrogens with one attached hydrogen (secondary N) is 1. The van der Waals surface area contributed by atoms with Gasteiger partial charge in [0.15, 0.2) is 0 Å². The quantitative estimate of drug-likeness (QED) is 0.804. The van der Waals surface area contributed by atoms with Crippen LogP contribution in [0.3, 0.4) is 0 Å². The van der Waals surface area contributed by atoms with E-state index in [1.165, 1.54) is 0 Å². The van der Waals surface area contributed by atoms with Crippen molar-refractivity contribution in [3.63, 3.8) is 0 Å². The first-order valence-electron chi connectivity index (χ1n) is 7.96. The summed E-state index contributed by atoms with van der Waals surface area (Å²) in [6.45, 7) is 3.07. The largest absolute Gasteiger partial charge is 0.378 e. The molecule has 24 heavy (non-hydrogen) atoms. The van der Waals surface area contributed by atoms with Crippen molar-refractivity contribution in [2.45, 2.75) is 0 Å². The number of rotatable bonds is 3. The summed E-state index contributed by atoms with van der Waals surface area (Å²) < 4.78 is 7.28. The van der Waals surface area contributed by atoms with Crippen molar-refractivity contribution in [1.82, 2.24) is 9.38 Å². The highest BCUT2D eigenvalue weighted by Gasteiger charge is 2.16. The Hall–Kier alpha value is -2.86. The SMILES string of the molecule is O=C(Nc1ccccc1N1CCOCC1)c1ccn2cncc2c1. The molecule has 1 aromatic carbocycles. The van der Waals surface area contributed by atoms with Crippen molar-refractivity contribution in [3.8, 4) is 0 Å². The Kier molecular flexibility index (Phi) is 3.88. The maximum atomic E-state index is 12.6. The van der Waals surface area contributed by atoms with Crippen molar-refractivity contribution < 1.29 is 9.53 Å². The fourth-order valence-corrected chi connectivity index (χ4v) is 2.91. The van der Waals surface area contributed by atoms with E-state index < -0.39 is 0 Å². The van der Waals surface area contributed by atoms with Gasteiger partial charge in [0.2, 0.25) is 0 Å². The number of nitrogens with zero attached hydrogens (tertiary/aromatic N) is 3. The number of fused-ring (bicyclic) bond motifs is 1. The lowest BCUT2D eigenvalue weighted by Gasteiger charge is -2.30. The highest BCUT2D eigenvalue weighted by Crippen LogP contribution is 2.26. The average molecular weight is 322 g/mol. The van der Waals surface area contributed by atoms with Crippen molar-refractivity contribution in [2.75, 3.05) is 36.5 Å². The molecule has 3 aromatic rings. The van der Waals surface area contributed by atoms with E-state index in [9.17, 15) is 4.79 Å². The van der Waals surface area contributed by atoms with E-state index in [2.05, 4.69) is 15.2 Å². The molecule has 0 spiro atoms. The third-order valence-corrected chi connectivity index (χ3v) is 4.18. The number of hydrogen-bond acceptors (Lipinski definition) is 4.